The van der Waals surface area contributed by atoms with Crippen LogP contribution >= 0.6 is 0 Å². The predicted octanol–water partition coefficient (Wildman–Crippen LogP) is 2.81. The van der Waals surface area contributed by atoms with Crippen LogP contribution < -0.4 is 10.5 Å². The minimum Gasteiger partial charge on any atom is -0.489 e. The lowest BCUT2D eigenvalue weighted by Crippen LogP contribution is -2.11. The summed E-state index contributed by atoms with van der Waals surface area (Å²) >= 11 is 0. The van der Waals surface area contributed by atoms with Crippen LogP contribution in [0.5, 0.6) is 5.75 Å². The Balaban J connectivity index is 2.12. The highest BCUT2D eigenvalue weighted by Crippen LogP contribution is 2.19. The molecule has 0 aliphatic carbocycles. The van der Waals surface area contributed by atoms with E-state index in [1.807, 2.05) is 31.2 Å². The number of ether oxygens (including phenoxy) is 1. The Morgan fingerprint density at radius 1 is 1.26 bits per heavy atom. The van der Waals surface area contributed by atoms with Crippen molar-refractivity contribution in [3.63, 3.8) is 0 Å². The van der Waals surface area contributed by atoms with Gasteiger partial charge >= 0.3 is 0 Å². The molecule has 0 aliphatic heterocycles. The predicted molar refractivity (Wildman–Crippen MR) is 70.4 cm³/mol. The van der Waals surface area contributed by atoms with Crippen LogP contribution in [0.25, 0.3) is 0 Å². The number of nitrogens with two attached hydrogens (primary N) is 1. The highest BCUT2D eigenvalue weighted by molar-refractivity contribution is 5.92. The van der Waals surface area contributed by atoms with Crippen molar-refractivity contribution in [3.8, 4) is 5.75 Å². The standard InChI is InChI=1S/C15H14FNO2/c1-10-4-2-3-5-14(10)19-9-12-7-6-11(15(17)18)8-13(12)16/h2-8H,9H2,1H3,(H2,17,18). The molecule has 2 aromatic rings. The van der Waals surface area contributed by atoms with Crippen LogP contribution in [0, 0.1) is 12.7 Å². The maximum absolute atomic E-state index is 13.7. The number of rotatable bonds is 4. The molecule has 0 saturated carbocycles. The highest BCUT2D eigenvalue weighted by Gasteiger charge is 2.08. The van der Waals surface area contributed by atoms with Crippen LogP contribution in [-0.4, -0.2) is 5.91 Å². The second kappa shape index (κ2) is 5.52. The third-order valence-electron chi connectivity index (χ3n) is 2.81. The van der Waals surface area contributed by atoms with E-state index in [-0.39, 0.29) is 12.2 Å². The molecule has 0 atom stereocenters. The molecule has 0 heterocycles. The Labute approximate surface area is 110 Å². The quantitative estimate of drug-likeness (QED) is 0.917. The zero-order valence-electron chi connectivity index (χ0n) is 10.5. The lowest BCUT2D eigenvalue weighted by Gasteiger charge is -2.09. The zero-order valence-corrected chi connectivity index (χ0v) is 10.5. The topological polar surface area (TPSA) is 52.3 Å². The Morgan fingerprint density at radius 3 is 2.63 bits per heavy atom. The summed E-state index contributed by atoms with van der Waals surface area (Å²) in [5, 5.41) is 0. The first-order valence-corrected chi connectivity index (χ1v) is 5.84. The van der Waals surface area contributed by atoms with Gasteiger partial charge in [-0.1, -0.05) is 24.3 Å². The minimum atomic E-state index is -0.648. The minimum absolute atomic E-state index is 0.107. The van der Waals surface area contributed by atoms with E-state index in [1.165, 1.54) is 12.1 Å². The van der Waals surface area contributed by atoms with Crippen LogP contribution in [0.2, 0.25) is 0 Å². The number of primary amides is 1. The summed E-state index contributed by atoms with van der Waals surface area (Å²) in [7, 11) is 0. The summed E-state index contributed by atoms with van der Waals surface area (Å²) in [6.07, 6.45) is 0. The molecule has 0 aliphatic rings. The van der Waals surface area contributed by atoms with Crippen molar-refractivity contribution in [2.45, 2.75) is 13.5 Å². The maximum atomic E-state index is 13.7. The molecule has 2 N–H and O–H groups in total. The number of hydrogen-bond donors (Lipinski definition) is 1. The zero-order chi connectivity index (χ0) is 13.8. The Hall–Kier alpha value is -2.36. The van der Waals surface area contributed by atoms with E-state index < -0.39 is 11.7 Å². The molecule has 0 fully saturated rings. The van der Waals surface area contributed by atoms with Gasteiger partial charge in [0.1, 0.15) is 18.2 Å². The number of benzene rings is 2. The fourth-order valence-electron chi connectivity index (χ4n) is 1.69. The Morgan fingerprint density at radius 2 is 2.00 bits per heavy atom. The van der Waals surface area contributed by atoms with Gasteiger partial charge in [0, 0.05) is 11.1 Å². The largest absolute Gasteiger partial charge is 0.489 e. The number of para-hydroxylation sites is 1. The third-order valence-corrected chi connectivity index (χ3v) is 2.81. The second-order valence-electron chi connectivity index (χ2n) is 4.22. The van der Waals surface area contributed by atoms with Crippen molar-refractivity contribution in [2.24, 2.45) is 5.73 Å². The molecular formula is C15H14FNO2. The van der Waals surface area contributed by atoms with E-state index in [1.54, 1.807) is 0 Å². The summed E-state index contributed by atoms with van der Waals surface area (Å²) in [5.74, 6) is -0.434. The molecule has 19 heavy (non-hydrogen) atoms. The molecule has 0 saturated heterocycles. The van der Waals surface area contributed by atoms with Crippen LogP contribution in [-0.2, 0) is 6.61 Å². The van der Waals surface area contributed by atoms with E-state index >= 15 is 0 Å². The van der Waals surface area contributed by atoms with Gasteiger partial charge in [0.05, 0.1) is 0 Å². The van der Waals surface area contributed by atoms with Crippen molar-refractivity contribution in [3.05, 3.63) is 65.0 Å². The maximum Gasteiger partial charge on any atom is 0.248 e. The molecule has 1 amide bonds. The average molecular weight is 259 g/mol. The molecule has 0 aromatic heterocycles. The third kappa shape index (κ3) is 3.10. The molecule has 0 spiro atoms. The molecule has 3 nitrogen and oxygen atoms in total. The molecule has 2 aromatic carbocycles. The lowest BCUT2D eigenvalue weighted by molar-refractivity contribution is 0.0999. The molecule has 0 radical (unpaired) electrons. The first-order valence-electron chi connectivity index (χ1n) is 5.84. The highest BCUT2D eigenvalue weighted by atomic mass is 19.1. The molecular weight excluding hydrogens is 245 g/mol. The lowest BCUT2D eigenvalue weighted by atomic mass is 10.1. The number of hydrogen-bond acceptors (Lipinski definition) is 2. The SMILES string of the molecule is Cc1ccccc1OCc1ccc(C(N)=O)cc1F. The molecule has 2 rings (SSSR count). The number of halogens is 1. The van der Waals surface area contributed by atoms with E-state index in [9.17, 15) is 9.18 Å². The second-order valence-corrected chi connectivity index (χ2v) is 4.22. The molecule has 98 valence electrons. The van der Waals surface area contributed by atoms with Gasteiger partial charge in [-0.15, -0.1) is 0 Å². The van der Waals surface area contributed by atoms with Gasteiger partial charge < -0.3 is 10.5 Å². The molecule has 0 unspecified atom stereocenters. The van der Waals surface area contributed by atoms with Gasteiger partial charge in [-0.3, -0.25) is 4.79 Å². The van der Waals surface area contributed by atoms with Crippen LogP contribution in [0.4, 0.5) is 4.39 Å². The fraction of sp³-hybridized carbons (Fsp3) is 0.133. The van der Waals surface area contributed by atoms with E-state index in [0.29, 0.717) is 11.3 Å². The average Bonchev–Trinajstić information content (AvgIpc) is 2.39. The smallest absolute Gasteiger partial charge is 0.248 e. The fourth-order valence-corrected chi connectivity index (χ4v) is 1.69. The summed E-state index contributed by atoms with van der Waals surface area (Å²) in [4.78, 5) is 10.9. The van der Waals surface area contributed by atoms with E-state index in [0.717, 1.165) is 11.6 Å². The van der Waals surface area contributed by atoms with Crippen molar-refractivity contribution >= 4 is 5.91 Å². The van der Waals surface area contributed by atoms with Crippen molar-refractivity contribution in [1.29, 1.82) is 0 Å². The van der Waals surface area contributed by atoms with Gasteiger partial charge in [0.2, 0.25) is 5.91 Å². The van der Waals surface area contributed by atoms with Crippen molar-refractivity contribution in [2.75, 3.05) is 0 Å². The van der Waals surface area contributed by atoms with Gasteiger partial charge in [0.15, 0.2) is 0 Å². The monoisotopic (exact) mass is 259 g/mol. The van der Waals surface area contributed by atoms with Gasteiger partial charge in [-0.25, -0.2) is 4.39 Å². The summed E-state index contributed by atoms with van der Waals surface area (Å²) < 4.78 is 19.3. The van der Waals surface area contributed by atoms with Crippen molar-refractivity contribution in [1.82, 2.24) is 0 Å². The van der Waals surface area contributed by atoms with E-state index in [4.69, 9.17) is 10.5 Å². The van der Waals surface area contributed by atoms with Crippen molar-refractivity contribution < 1.29 is 13.9 Å². The first kappa shape index (κ1) is 13.1. The summed E-state index contributed by atoms with van der Waals surface area (Å²) in [5.41, 5.74) is 6.60. The van der Waals surface area contributed by atoms with Crippen LogP contribution in [0.15, 0.2) is 42.5 Å². The van der Waals surface area contributed by atoms with Gasteiger partial charge in [-0.2, -0.15) is 0 Å². The number of aryl methyl sites for hydroxylation is 1. The molecule has 0 bridgehead atoms. The van der Waals surface area contributed by atoms with Gasteiger partial charge in [0.25, 0.3) is 0 Å². The Bertz CT molecular complexity index is 611. The summed E-state index contributed by atoms with van der Waals surface area (Å²) in [6.45, 7) is 2.03. The summed E-state index contributed by atoms with van der Waals surface area (Å²) in [6, 6.07) is 11.6. The van der Waals surface area contributed by atoms with E-state index in [2.05, 4.69) is 0 Å². The van der Waals surface area contributed by atoms with Crippen LogP contribution in [0.1, 0.15) is 21.5 Å². The number of carbonyl (C=O) groups is 1. The number of carbonyl (C=O) groups excluding carboxylic acids is 1. The van der Waals surface area contributed by atoms with Crippen LogP contribution in [0.3, 0.4) is 0 Å². The normalized spacial score (nSPS) is 10.2. The number of amides is 1. The first-order chi connectivity index (χ1) is 9.08. The Kier molecular flexibility index (Phi) is 3.80. The van der Waals surface area contributed by atoms with Gasteiger partial charge in [-0.05, 0) is 30.7 Å². The molecule has 4 heteroatoms.